The minimum Gasteiger partial charge on any atom is -0.352 e. The van der Waals surface area contributed by atoms with Gasteiger partial charge in [-0.2, -0.15) is 0 Å². The van der Waals surface area contributed by atoms with Gasteiger partial charge in [-0.05, 0) is 37.6 Å². The second-order valence-electron chi connectivity index (χ2n) is 6.53. The molecule has 146 valence electrons. The standard InChI is InChI=1S/C20H22N4O3S/c1-15-3-6-18(7-4-15)28(26,27)12-9-20(25)23-14-17-5-8-19(22-13-17)24-11-10-21-16(24)2/h3-8,10-11,13H,9,12,14H2,1-2H3,(H,23,25). The lowest BCUT2D eigenvalue weighted by Gasteiger charge is -2.08. The van der Waals surface area contributed by atoms with Gasteiger partial charge in [0.1, 0.15) is 11.6 Å². The van der Waals surface area contributed by atoms with Crippen molar-refractivity contribution in [3.63, 3.8) is 0 Å². The van der Waals surface area contributed by atoms with Gasteiger partial charge >= 0.3 is 0 Å². The summed E-state index contributed by atoms with van der Waals surface area (Å²) in [5.41, 5.74) is 1.82. The molecule has 0 aliphatic rings. The van der Waals surface area contributed by atoms with E-state index in [9.17, 15) is 13.2 Å². The van der Waals surface area contributed by atoms with Crippen LogP contribution in [-0.2, 0) is 21.2 Å². The van der Waals surface area contributed by atoms with E-state index in [1.807, 2.05) is 36.7 Å². The smallest absolute Gasteiger partial charge is 0.221 e. The molecule has 0 spiro atoms. The van der Waals surface area contributed by atoms with E-state index in [-0.39, 0.29) is 23.0 Å². The van der Waals surface area contributed by atoms with E-state index < -0.39 is 9.84 Å². The lowest BCUT2D eigenvalue weighted by Crippen LogP contribution is -2.25. The maximum atomic E-state index is 12.3. The molecule has 0 fully saturated rings. The number of carbonyl (C=O) groups is 1. The SMILES string of the molecule is Cc1ccc(S(=O)(=O)CCC(=O)NCc2ccc(-n3ccnc3C)nc2)cc1. The van der Waals surface area contributed by atoms with E-state index in [2.05, 4.69) is 15.3 Å². The van der Waals surface area contributed by atoms with Crippen LogP contribution in [0.25, 0.3) is 5.82 Å². The number of hydrogen-bond acceptors (Lipinski definition) is 5. The van der Waals surface area contributed by atoms with Gasteiger partial charge < -0.3 is 5.32 Å². The number of rotatable bonds is 7. The lowest BCUT2D eigenvalue weighted by atomic mass is 10.2. The first-order valence-electron chi connectivity index (χ1n) is 8.86. The van der Waals surface area contributed by atoms with Crippen molar-refractivity contribution in [3.8, 4) is 5.82 Å². The van der Waals surface area contributed by atoms with Crippen LogP contribution >= 0.6 is 0 Å². The van der Waals surface area contributed by atoms with Crippen molar-refractivity contribution in [2.75, 3.05) is 5.75 Å². The van der Waals surface area contributed by atoms with E-state index in [1.54, 1.807) is 36.7 Å². The minimum absolute atomic E-state index is 0.0873. The second-order valence-corrected chi connectivity index (χ2v) is 8.64. The third kappa shape index (κ3) is 4.83. The quantitative estimate of drug-likeness (QED) is 0.659. The van der Waals surface area contributed by atoms with Gasteiger partial charge in [-0.1, -0.05) is 23.8 Å². The topological polar surface area (TPSA) is 94.0 Å². The fourth-order valence-corrected chi connectivity index (χ4v) is 3.90. The number of imidazole rings is 1. The van der Waals surface area contributed by atoms with Crippen LogP contribution in [0, 0.1) is 13.8 Å². The summed E-state index contributed by atoms with van der Waals surface area (Å²) in [6, 6.07) is 10.3. The Labute approximate surface area is 164 Å². The molecule has 0 atom stereocenters. The van der Waals surface area contributed by atoms with E-state index in [4.69, 9.17) is 0 Å². The second kappa shape index (κ2) is 8.35. The molecule has 0 saturated carbocycles. The average Bonchev–Trinajstić information content (AvgIpc) is 3.11. The molecule has 3 rings (SSSR count). The summed E-state index contributed by atoms with van der Waals surface area (Å²) >= 11 is 0. The Morgan fingerprint density at radius 1 is 1.07 bits per heavy atom. The van der Waals surface area contributed by atoms with Crippen LogP contribution in [0.2, 0.25) is 0 Å². The Hall–Kier alpha value is -3.00. The van der Waals surface area contributed by atoms with Crippen molar-refractivity contribution in [2.24, 2.45) is 0 Å². The number of hydrogen-bond donors (Lipinski definition) is 1. The van der Waals surface area contributed by atoms with Crippen molar-refractivity contribution >= 4 is 15.7 Å². The zero-order valence-electron chi connectivity index (χ0n) is 15.8. The number of nitrogens with zero attached hydrogens (tertiary/aromatic N) is 3. The third-order valence-electron chi connectivity index (χ3n) is 4.35. The van der Waals surface area contributed by atoms with Gasteiger partial charge in [0.15, 0.2) is 9.84 Å². The van der Waals surface area contributed by atoms with E-state index >= 15 is 0 Å². The summed E-state index contributed by atoms with van der Waals surface area (Å²) in [5, 5.41) is 2.74. The molecule has 3 aromatic rings. The minimum atomic E-state index is -3.47. The summed E-state index contributed by atoms with van der Waals surface area (Å²) in [7, 11) is -3.47. The van der Waals surface area contributed by atoms with Gasteiger partial charge in [0, 0.05) is 31.6 Å². The van der Waals surface area contributed by atoms with Crippen molar-refractivity contribution in [3.05, 3.63) is 71.9 Å². The van der Waals surface area contributed by atoms with Crippen LogP contribution in [0.1, 0.15) is 23.4 Å². The molecule has 0 aliphatic heterocycles. The number of amides is 1. The third-order valence-corrected chi connectivity index (χ3v) is 6.08. The number of aryl methyl sites for hydroxylation is 2. The molecular weight excluding hydrogens is 376 g/mol. The Morgan fingerprint density at radius 3 is 2.43 bits per heavy atom. The van der Waals surface area contributed by atoms with Crippen LogP contribution in [0.5, 0.6) is 0 Å². The highest BCUT2D eigenvalue weighted by Crippen LogP contribution is 2.13. The molecular formula is C20H22N4O3S. The van der Waals surface area contributed by atoms with Crippen LogP contribution in [0.3, 0.4) is 0 Å². The molecule has 8 heteroatoms. The molecule has 1 amide bonds. The number of nitrogens with one attached hydrogen (secondary N) is 1. The first-order valence-corrected chi connectivity index (χ1v) is 10.5. The largest absolute Gasteiger partial charge is 0.352 e. The van der Waals surface area contributed by atoms with Crippen LogP contribution < -0.4 is 5.32 Å². The van der Waals surface area contributed by atoms with Crippen LogP contribution in [-0.4, -0.2) is 34.6 Å². The van der Waals surface area contributed by atoms with Gasteiger partial charge in [0.25, 0.3) is 0 Å². The summed E-state index contributed by atoms with van der Waals surface area (Å²) in [5.74, 6) is 1.04. The molecule has 1 N–H and O–H groups in total. The van der Waals surface area contributed by atoms with E-state index in [0.29, 0.717) is 6.54 Å². The summed E-state index contributed by atoms with van der Waals surface area (Å²) in [4.78, 5) is 20.8. The molecule has 0 aliphatic carbocycles. The normalized spacial score (nSPS) is 11.4. The molecule has 1 aromatic carbocycles. The average molecular weight is 398 g/mol. The molecule has 0 bridgehead atoms. The Kier molecular flexibility index (Phi) is 5.89. The first-order chi connectivity index (χ1) is 13.3. The molecule has 0 radical (unpaired) electrons. The van der Waals surface area contributed by atoms with Crippen LogP contribution in [0.15, 0.2) is 59.9 Å². The Balaban J connectivity index is 1.51. The number of sulfone groups is 1. The van der Waals surface area contributed by atoms with Crippen LogP contribution in [0.4, 0.5) is 0 Å². The van der Waals surface area contributed by atoms with E-state index in [0.717, 1.165) is 22.8 Å². The molecule has 2 heterocycles. The summed E-state index contributed by atoms with van der Waals surface area (Å²) < 4.78 is 26.5. The maximum Gasteiger partial charge on any atom is 0.221 e. The molecule has 0 unspecified atom stereocenters. The van der Waals surface area contributed by atoms with Gasteiger partial charge in [0.05, 0.1) is 10.6 Å². The number of aromatic nitrogens is 3. The van der Waals surface area contributed by atoms with Crippen molar-refractivity contribution in [1.29, 1.82) is 0 Å². The summed E-state index contributed by atoms with van der Waals surface area (Å²) in [6.45, 7) is 4.07. The lowest BCUT2D eigenvalue weighted by molar-refractivity contribution is -0.120. The predicted molar refractivity (Wildman–Crippen MR) is 106 cm³/mol. The fraction of sp³-hybridized carbons (Fsp3) is 0.250. The zero-order valence-corrected chi connectivity index (χ0v) is 16.6. The Morgan fingerprint density at radius 2 is 1.82 bits per heavy atom. The van der Waals surface area contributed by atoms with Crippen molar-refractivity contribution in [1.82, 2.24) is 19.9 Å². The van der Waals surface area contributed by atoms with Gasteiger partial charge in [-0.3, -0.25) is 9.36 Å². The number of benzene rings is 1. The molecule has 7 nitrogen and oxygen atoms in total. The molecule has 28 heavy (non-hydrogen) atoms. The molecule has 2 aromatic heterocycles. The first kappa shape index (κ1) is 19.8. The fourth-order valence-electron chi connectivity index (χ4n) is 2.66. The monoisotopic (exact) mass is 398 g/mol. The van der Waals surface area contributed by atoms with Crippen molar-refractivity contribution in [2.45, 2.75) is 31.7 Å². The highest BCUT2D eigenvalue weighted by Gasteiger charge is 2.16. The van der Waals surface area contributed by atoms with Gasteiger partial charge in [-0.25, -0.2) is 18.4 Å². The van der Waals surface area contributed by atoms with E-state index in [1.165, 1.54) is 0 Å². The summed E-state index contributed by atoms with van der Waals surface area (Å²) in [6.07, 6.45) is 5.12. The zero-order chi connectivity index (χ0) is 20.1. The molecule has 0 saturated heterocycles. The van der Waals surface area contributed by atoms with Gasteiger partial charge in [-0.15, -0.1) is 0 Å². The van der Waals surface area contributed by atoms with Crippen molar-refractivity contribution < 1.29 is 13.2 Å². The highest BCUT2D eigenvalue weighted by atomic mass is 32.2. The van der Waals surface area contributed by atoms with Gasteiger partial charge in [0.2, 0.25) is 5.91 Å². The highest BCUT2D eigenvalue weighted by molar-refractivity contribution is 7.91. The predicted octanol–water partition coefficient (Wildman–Crippen LogP) is 2.36. The Bertz CT molecular complexity index is 1060. The number of pyridine rings is 1. The number of carbonyl (C=O) groups excluding carboxylic acids is 1. The maximum absolute atomic E-state index is 12.3.